The minimum Gasteiger partial charge on any atom is -0.454 e. The number of nitrogens with one attached hydrogen (secondary N) is 11. The predicted molar refractivity (Wildman–Crippen MR) is 538 cm³/mol. The number of furan rings is 1. The average molecular weight is 1910 g/mol. The van der Waals surface area contributed by atoms with E-state index in [4.69, 9.17) is 10.2 Å². The van der Waals surface area contributed by atoms with Gasteiger partial charge in [-0.1, -0.05) is 184 Å². The van der Waals surface area contributed by atoms with Crippen molar-refractivity contribution in [3.63, 3.8) is 0 Å². The normalized spacial score (nSPS) is 12.2. The first-order valence-electron chi connectivity index (χ1n) is 45.3. The molecule has 0 bridgehead atoms. The number of primary amides is 1. The van der Waals surface area contributed by atoms with Crippen LogP contribution in [0, 0.1) is 35.0 Å². The van der Waals surface area contributed by atoms with Crippen LogP contribution >= 0.6 is 11.3 Å². The molecule has 1 fully saturated rings. The summed E-state index contributed by atoms with van der Waals surface area (Å²) in [6, 6.07) is 82.5. The van der Waals surface area contributed by atoms with Gasteiger partial charge in [0.05, 0.1) is 95.0 Å². The number of halogens is 5. The Hall–Kier alpha value is -17.4. The summed E-state index contributed by atoms with van der Waals surface area (Å²) in [4.78, 5) is 85.5. The number of amides is 7. The van der Waals surface area contributed by atoms with E-state index in [0.717, 1.165) is 90.0 Å². The van der Waals surface area contributed by atoms with Gasteiger partial charge in [-0.05, 0) is 184 Å². The second kappa shape index (κ2) is 41.3. The van der Waals surface area contributed by atoms with Crippen molar-refractivity contribution >= 4 is 161 Å². The molecule has 2 atom stereocenters. The van der Waals surface area contributed by atoms with Crippen molar-refractivity contribution in [1.82, 2.24) is 82.9 Å². The van der Waals surface area contributed by atoms with Crippen LogP contribution in [0.5, 0.6) is 0 Å². The predicted octanol–water partition coefficient (Wildman–Crippen LogP) is 20.3. The summed E-state index contributed by atoms with van der Waals surface area (Å²) in [5, 5.41) is 73.6. The maximum Gasteiger partial charge on any atom is 0.254 e. The van der Waals surface area contributed by atoms with Crippen molar-refractivity contribution in [3.8, 4) is 56.5 Å². The molecule has 22 rings (SSSR count). The minimum atomic E-state index is -0.910. The van der Waals surface area contributed by atoms with Crippen molar-refractivity contribution in [2.24, 2.45) is 11.7 Å². The molecule has 0 radical (unpaired) electrons. The van der Waals surface area contributed by atoms with E-state index in [0.29, 0.717) is 79.3 Å². The van der Waals surface area contributed by atoms with Crippen molar-refractivity contribution < 1.29 is 65.0 Å². The molecule has 0 aliphatic heterocycles. The maximum atomic E-state index is 15.4. The number of aliphatic hydroxyl groups excluding tert-OH is 1. The van der Waals surface area contributed by atoms with Crippen molar-refractivity contribution in [1.29, 1.82) is 0 Å². The van der Waals surface area contributed by atoms with E-state index < -0.39 is 76.6 Å². The molecule has 1 saturated carbocycles. The first-order chi connectivity index (χ1) is 68.4. The lowest BCUT2D eigenvalue weighted by molar-refractivity contribution is -0.120. The lowest BCUT2D eigenvalue weighted by Crippen LogP contribution is -2.42. The fourth-order valence-corrected chi connectivity index (χ4v) is 17.3. The Labute approximate surface area is 804 Å². The third-order valence-corrected chi connectivity index (χ3v) is 25.3. The molecular formula is C109H90F5N17O9S. The Morgan fingerprint density at radius 2 is 0.730 bits per heavy atom. The highest BCUT2D eigenvalue weighted by molar-refractivity contribution is 7.09. The number of benzene rings is 14. The van der Waals surface area contributed by atoms with E-state index >= 15 is 22.0 Å². The molecule has 1 aliphatic carbocycles. The summed E-state index contributed by atoms with van der Waals surface area (Å²) in [7, 11) is 0. The number of para-hydroxylation sites is 1. The van der Waals surface area contributed by atoms with Gasteiger partial charge in [-0.25, -0.2) is 22.0 Å². The van der Waals surface area contributed by atoms with Gasteiger partial charge in [0.2, 0.25) is 11.8 Å². The smallest absolute Gasteiger partial charge is 0.254 e. The molecule has 32 heteroatoms. The Morgan fingerprint density at radius 1 is 0.390 bits per heavy atom. The fourth-order valence-electron chi connectivity index (χ4n) is 16.6. The molecule has 1 aliphatic rings. The van der Waals surface area contributed by atoms with E-state index in [1.165, 1.54) is 49.1 Å². The van der Waals surface area contributed by atoms with Gasteiger partial charge in [-0.2, -0.15) is 25.5 Å². The number of rotatable bonds is 22. The molecular weight excluding hydrogens is 1820 g/mol. The van der Waals surface area contributed by atoms with Crippen molar-refractivity contribution in [3.05, 3.63) is 340 Å². The average Bonchev–Trinajstić information content (AvgIpc) is 1.56. The quantitative estimate of drug-likeness (QED) is 0.0222. The second-order valence-electron chi connectivity index (χ2n) is 34.2. The fraction of sp³-hybridized carbons (Fsp3) is 0.138. The molecule has 21 aromatic rings. The number of hydrogen-bond acceptors (Lipinski definition) is 15. The van der Waals surface area contributed by atoms with Gasteiger partial charge in [0.15, 0.2) is 5.76 Å². The second-order valence-corrected chi connectivity index (χ2v) is 35.2. The summed E-state index contributed by atoms with van der Waals surface area (Å²) in [6.45, 7) is 7.33. The van der Waals surface area contributed by atoms with Crippen LogP contribution in [-0.4, -0.2) is 142 Å². The van der Waals surface area contributed by atoms with Crippen LogP contribution in [0.4, 0.5) is 22.0 Å². The van der Waals surface area contributed by atoms with E-state index in [2.05, 4.69) is 82.9 Å². The SMILES string of the molecule is CC(=O)NCCNC(=O)c1ccc2[nH]nc(-c3ccc4ccccc4c3)c2c1F.CC(C)[C@@H](CO)NC(=O)c1ccc2[nH]nc(-c3ccc4ccccc4c3)c2c1F.C[C@H](NC(=O)c1ccc2[nH]nc(-c3ccc4ccccc4c3)c2c1F)C(N)=O.O=C(NC1CC1)c1ccc2[nH]nc(-c3cc4ccccc4o3)c2c1F.O=C(NCCc1cccs1)c1ccc2[nH]nc(-c3ccc4ccccc4c3)c2c1F. The lowest BCUT2D eigenvalue weighted by Gasteiger charge is -2.20. The molecule has 7 aromatic heterocycles. The topological polar surface area (TPSA) is 394 Å². The van der Waals surface area contributed by atoms with Gasteiger partial charge < -0.3 is 47.2 Å². The van der Waals surface area contributed by atoms with Gasteiger partial charge in [-0.15, -0.1) is 11.3 Å². The zero-order chi connectivity index (χ0) is 98.2. The molecule has 0 spiro atoms. The highest BCUT2D eigenvalue weighted by Crippen LogP contribution is 2.40. The number of fused-ring (bicyclic) bond motifs is 10. The largest absolute Gasteiger partial charge is 0.454 e. The molecule has 141 heavy (non-hydrogen) atoms. The van der Waals surface area contributed by atoms with Crippen LogP contribution in [-0.2, 0) is 16.0 Å². The monoisotopic (exact) mass is 1910 g/mol. The zero-order valence-electron chi connectivity index (χ0n) is 76.1. The highest BCUT2D eigenvalue weighted by atomic mass is 32.1. The van der Waals surface area contributed by atoms with Gasteiger partial charge in [0.25, 0.3) is 29.5 Å². The van der Waals surface area contributed by atoms with Gasteiger partial charge in [0.1, 0.15) is 69.2 Å². The van der Waals surface area contributed by atoms with Crippen LogP contribution < -0.4 is 37.6 Å². The molecule has 0 unspecified atom stereocenters. The number of aliphatic hydroxyl groups is 1. The first kappa shape index (κ1) is 94.0. The third kappa shape index (κ3) is 20.3. The van der Waals surface area contributed by atoms with E-state index in [1.54, 1.807) is 41.7 Å². The number of carbonyl (C=O) groups is 7. The Balaban J connectivity index is 0.000000117. The molecule has 14 aromatic carbocycles. The number of aromatic amines is 5. The molecule has 14 N–H and O–H groups in total. The molecule has 7 heterocycles. The van der Waals surface area contributed by atoms with E-state index in [-0.39, 0.29) is 86.9 Å². The molecule has 0 saturated heterocycles. The number of nitrogens with zero attached hydrogens (tertiary/aromatic N) is 5. The van der Waals surface area contributed by atoms with Crippen LogP contribution in [0.3, 0.4) is 0 Å². The maximum absolute atomic E-state index is 15.4. The summed E-state index contributed by atoms with van der Waals surface area (Å²) >= 11 is 1.64. The number of H-pyrrole nitrogens is 5. The third-order valence-electron chi connectivity index (χ3n) is 24.3. The first-order valence-corrected chi connectivity index (χ1v) is 46.2. The van der Waals surface area contributed by atoms with Crippen LogP contribution in [0.25, 0.3) is 165 Å². The van der Waals surface area contributed by atoms with Gasteiger partial charge in [-0.3, -0.25) is 59.1 Å². The van der Waals surface area contributed by atoms with Crippen LogP contribution in [0.2, 0.25) is 0 Å². The standard InChI is InChI=1S/C24H18FN3OS.C23H22FN3O2.C22H19FN4O2.C21H17FN4O2.C19H14FN3O2/c25-22-19(24(29)26-12-11-18-6-3-13-30-18)9-10-20-21(22)23(28-27-20)17-8-7-15-4-1-2-5-16(15)14-17;1-13(2)19(12-28)25-23(29)17-9-10-18-20(21(17)24)22(27-26-18)16-8-7-14-5-3-4-6-15(14)11-16;1-13(28)24-10-11-25-22(29)17-8-9-18-19(20(17)23)21(27-26-18)16-7-6-14-4-2-3-5-15(14)12-16;1-11(20(23)27)24-21(28)15-8-9-16-17(18(15)22)19(26-25-16)14-7-6-12-4-2-3-5-13(12)10-14;20-17-12(19(24)21-11-5-6-11)7-8-13-16(17)18(23-22-13)15-9-10-3-1-2-4-14(10)25-15/h1-10,13-14H,11-12H2,(H,26,29)(H,27,28);3-11,13,19,28H,12H2,1-2H3,(H,25,29)(H,26,27);2-9,12H,10-11H2,1H3,(H,24,28)(H,25,29)(H,26,27);2-11H,1H3,(H2,23,27)(H,24,28)(H,25,26);1-4,7-9,11H,5-6H2,(H,21,24)(H,22,23)/t;19-;;11-;/m.1.0./s1. The number of aromatic nitrogens is 10. The summed E-state index contributed by atoms with van der Waals surface area (Å²) in [5.74, 6) is -6.12. The summed E-state index contributed by atoms with van der Waals surface area (Å²) in [5.41, 5.74) is 13.4. The number of carbonyl (C=O) groups excluding carboxylic acids is 7. The number of nitrogens with two attached hydrogens (primary N) is 1. The number of thiophene rings is 1. The van der Waals surface area contributed by atoms with Crippen LogP contribution in [0.15, 0.2) is 283 Å². The van der Waals surface area contributed by atoms with Crippen LogP contribution in [0.1, 0.15) is 97.2 Å². The Morgan fingerprint density at radius 3 is 1.09 bits per heavy atom. The Bertz CT molecular complexity index is 8360. The zero-order valence-corrected chi connectivity index (χ0v) is 77.0. The summed E-state index contributed by atoms with van der Waals surface area (Å²) < 4.78 is 82.1. The Kier molecular flexibility index (Phi) is 27.5. The molecule has 7 amide bonds. The van der Waals surface area contributed by atoms with Crippen molar-refractivity contribution in [2.45, 2.75) is 65.1 Å². The molecule has 26 nitrogen and oxygen atoms in total. The molecule has 706 valence electrons. The minimum absolute atomic E-state index is 0.0251. The highest BCUT2D eigenvalue weighted by Gasteiger charge is 2.31. The number of hydrogen-bond donors (Lipinski definition) is 13. The lowest BCUT2D eigenvalue weighted by atomic mass is 10.0. The summed E-state index contributed by atoms with van der Waals surface area (Å²) in [6.07, 6.45) is 2.62. The van der Waals surface area contributed by atoms with E-state index in [9.17, 15) is 38.7 Å². The van der Waals surface area contributed by atoms with E-state index in [1.807, 2.05) is 232 Å². The van der Waals surface area contributed by atoms with Crippen molar-refractivity contribution in [2.75, 3.05) is 26.2 Å². The van der Waals surface area contributed by atoms with Gasteiger partial charge in [0, 0.05) is 65.1 Å². The van der Waals surface area contributed by atoms with Gasteiger partial charge >= 0.3 is 0 Å².